The molecule has 3 atom stereocenters. The van der Waals surface area contributed by atoms with Crippen molar-refractivity contribution in [3.63, 3.8) is 0 Å². The Morgan fingerprint density at radius 3 is 2.33 bits per heavy atom. The zero-order valence-corrected chi connectivity index (χ0v) is 28.3. The van der Waals surface area contributed by atoms with Crippen molar-refractivity contribution < 1.29 is 32.3 Å². The maximum Gasteiger partial charge on any atom is 0.332 e. The van der Waals surface area contributed by atoms with Gasteiger partial charge < -0.3 is 20.4 Å². The van der Waals surface area contributed by atoms with Crippen molar-refractivity contribution in [3.8, 4) is 6.07 Å². The molecular formula is C36H45F3N6O4. The van der Waals surface area contributed by atoms with Gasteiger partial charge in [-0.1, -0.05) is 45.6 Å². The topological polar surface area (TPSA) is 136 Å². The van der Waals surface area contributed by atoms with Gasteiger partial charge in [0, 0.05) is 68.8 Å². The first-order valence-corrected chi connectivity index (χ1v) is 17.0. The van der Waals surface area contributed by atoms with E-state index in [9.17, 15) is 19.2 Å². The van der Waals surface area contributed by atoms with Crippen molar-refractivity contribution in [3.05, 3.63) is 59.2 Å². The first-order chi connectivity index (χ1) is 23.3. The lowest BCUT2D eigenvalue weighted by Gasteiger charge is -2.36. The average Bonchev–Trinajstić information content (AvgIpc) is 3.39. The second kappa shape index (κ2) is 16.9. The number of aromatic nitrogens is 1. The highest BCUT2D eigenvalue weighted by molar-refractivity contribution is 5.97. The summed E-state index contributed by atoms with van der Waals surface area (Å²) in [4.78, 5) is 60.2. The second-order valence-electron chi connectivity index (χ2n) is 13.2. The van der Waals surface area contributed by atoms with Crippen molar-refractivity contribution in [1.82, 2.24) is 20.1 Å². The number of nitriles is 1. The van der Waals surface area contributed by atoms with Gasteiger partial charge in [-0.3, -0.25) is 24.2 Å². The zero-order chi connectivity index (χ0) is 35.7. The van der Waals surface area contributed by atoms with Crippen LogP contribution in [0.25, 0.3) is 0 Å². The van der Waals surface area contributed by atoms with Crippen LogP contribution in [0.1, 0.15) is 87.8 Å². The van der Waals surface area contributed by atoms with E-state index >= 15 is 13.2 Å². The molecule has 0 spiro atoms. The Morgan fingerprint density at radius 2 is 1.71 bits per heavy atom. The highest BCUT2D eigenvalue weighted by atomic mass is 19.3. The number of benzene rings is 1. The number of amides is 3. The molecule has 2 heterocycles. The number of anilines is 1. The van der Waals surface area contributed by atoms with E-state index in [4.69, 9.17) is 5.26 Å². The van der Waals surface area contributed by atoms with Gasteiger partial charge in [-0.25, -0.2) is 4.39 Å². The van der Waals surface area contributed by atoms with E-state index in [1.807, 2.05) is 7.05 Å². The molecule has 0 bridgehead atoms. The van der Waals surface area contributed by atoms with Crippen LogP contribution < -0.4 is 10.6 Å². The van der Waals surface area contributed by atoms with Gasteiger partial charge in [-0.2, -0.15) is 14.0 Å². The van der Waals surface area contributed by atoms with Crippen LogP contribution in [0, 0.1) is 29.0 Å². The van der Waals surface area contributed by atoms with Gasteiger partial charge in [0.05, 0.1) is 11.3 Å². The number of hydrogen-bond acceptors (Lipinski definition) is 7. The Balaban J connectivity index is 1.55. The Hall–Kier alpha value is -4.31. The van der Waals surface area contributed by atoms with Crippen LogP contribution in [-0.4, -0.2) is 77.6 Å². The number of likely N-dealkylation sites (N-methyl/N-ethyl adjacent to an activating group) is 1. The maximum atomic E-state index is 15.7. The van der Waals surface area contributed by atoms with E-state index in [-0.39, 0.29) is 35.4 Å². The monoisotopic (exact) mass is 682 g/mol. The summed E-state index contributed by atoms with van der Waals surface area (Å²) in [5, 5.41) is 14.4. The smallest absolute Gasteiger partial charge is 0.332 e. The summed E-state index contributed by atoms with van der Waals surface area (Å²) in [6.45, 7) is 5.77. The molecule has 1 saturated heterocycles. The number of Topliss-reactive ketones (excluding diaryl/α,β-unsaturated/α-hetero) is 1. The lowest BCUT2D eigenvalue weighted by Crippen LogP contribution is -2.55. The molecule has 13 heteroatoms. The third-order valence-electron chi connectivity index (χ3n) is 9.79. The molecule has 2 aliphatic rings. The first kappa shape index (κ1) is 37.5. The van der Waals surface area contributed by atoms with Crippen LogP contribution in [0.5, 0.6) is 0 Å². The summed E-state index contributed by atoms with van der Waals surface area (Å²) < 4.78 is 46.4. The maximum absolute atomic E-state index is 15.7. The summed E-state index contributed by atoms with van der Waals surface area (Å²) in [6.07, 6.45) is 5.85. The molecule has 1 aliphatic carbocycles. The number of carbonyl (C=O) groups is 4. The van der Waals surface area contributed by atoms with Crippen LogP contribution >= 0.6 is 0 Å². The average molecular weight is 683 g/mol. The number of piperazine rings is 1. The summed E-state index contributed by atoms with van der Waals surface area (Å²) in [5.41, 5.74) is -0.627. The molecular weight excluding hydrogens is 637 g/mol. The van der Waals surface area contributed by atoms with Gasteiger partial charge in [0.1, 0.15) is 17.9 Å². The zero-order valence-electron chi connectivity index (χ0n) is 28.3. The Labute approximate surface area is 285 Å². The van der Waals surface area contributed by atoms with E-state index in [1.54, 1.807) is 30.9 Å². The standard InChI is InChI=1S/C36H45F3N6O4/c1-4-32(47)43-33(35(49)45-15-13-44(3)14-16-45)23(2)26-11-12-30(29(37)18-26)42-34(48)28(25-9-7-5-6-8-10-25)19-31(46)36(38,39)27-17-24(20-40)21-41-22-27/h11-12,17-18,21-23,25,28,33H,4-10,13-16,19H2,1-3H3,(H,42,48)(H,43,47)/t23-,28-,33+/m0/s1. The fraction of sp³-hybridized carbons (Fsp3) is 0.556. The van der Waals surface area contributed by atoms with Gasteiger partial charge in [0.25, 0.3) is 0 Å². The van der Waals surface area contributed by atoms with Crippen molar-refractivity contribution in [2.24, 2.45) is 11.8 Å². The molecule has 2 fully saturated rings. The molecule has 10 nitrogen and oxygen atoms in total. The summed E-state index contributed by atoms with van der Waals surface area (Å²) >= 11 is 0. The lowest BCUT2D eigenvalue weighted by atomic mass is 9.81. The first-order valence-electron chi connectivity index (χ1n) is 17.0. The fourth-order valence-electron chi connectivity index (χ4n) is 6.58. The second-order valence-corrected chi connectivity index (χ2v) is 13.2. The van der Waals surface area contributed by atoms with Crippen molar-refractivity contribution in [2.45, 2.75) is 83.1 Å². The van der Waals surface area contributed by atoms with Gasteiger partial charge in [0.2, 0.25) is 23.5 Å². The van der Waals surface area contributed by atoms with E-state index < -0.39 is 53.3 Å². The van der Waals surface area contributed by atoms with Crippen molar-refractivity contribution in [2.75, 3.05) is 38.5 Å². The normalized spacial score (nSPS) is 18.0. The summed E-state index contributed by atoms with van der Waals surface area (Å²) in [6, 6.07) is 5.79. The Bertz CT molecular complexity index is 1550. The molecule has 49 heavy (non-hydrogen) atoms. The molecule has 1 aliphatic heterocycles. The van der Waals surface area contributed by atoms with Crippen LogP contribution in [0.3, 0.4) is 0 Å². The largest absolute Gasteiger partial charge is 0.344 e. The molecule has 0 unspecified atom stereocenters. The Morgan fingerprint density at radius 1 is 1.04 bits per heavy atom. The van der Waals surface area contributed by atoms with E-state index in [2.05, 4.69) is 20.5 Å². The number of rotatable bonds is 12. The minimum atomic E-state index is -3.99. The molecule has 3 amide bonds. The number of ketones is 1. The van der Waals surface area contributed by atoms with E-state index in [1.165, 1.54) is 12.1 Å². The molecule has 4 rings (SSSR count). The molecule has 2 aromatic rings. The summed E-state index contributed by atoms with van der Waals surface area (Å²) in [7, 11) is 1.96. The predicted octanol–water partition coefficient (Wildman–Crippen LogP) is 5.14. The third-order valence-corrected chi connectivity index (χ3v) is 9.79. The number of pyridine rings is 1. The molecule has 264 valence electrons. The summed E-state index contributed by atoms with van der Waals surface area (Å²) in [5.74, 6) is -9.71. The third kappa shape index (κ3) is 9.44. The molecule has 2 N–H and O–H groups in total. The minimum Gasteiger partial charge on any atom is -0.344 e. The molecule has 1 saturated carbocycles. The molecule has 1 aromatic heterocycles. The SMILES string of the molecule is CCC(=O)N[C@@H](C(=O)N1CCN(C)CC1)[C@@H](C)c1ccc(NC(=O)[C@@H](CC(=O)C(F)(F)c2cncc(C#N)c2)C2CCCCCC2)c(F)c1. The number of alkyl halides is 2. The van der Waals surface area contributed by atoms with Crippen LogP contribution in [0.2, 0.25) is 0 Å². The lowest BCUT2D eigenvalue weighted by molar-refractivity contribution is -0.147. The van der Waals surface area contributed by atoms with E-state index in [0.29, 0.717) is 44.6 Å². The highest BCUT2D eigenvalue weighted by Crippen LogP contribution is 2.37. The van der Waals surface area contributed by atoms with Gasteiger partial charge in [-0.05, 0) is 49.6 Å². The number of hydrogen-bond donors (Lipinski definition) is 2. The van der Waals surface area contributed by atoms with Gasteiger partial charge >= 0.3 is 5.92 Å². The van der Waals surface area contributed by atoms with Crippen LogP contribution in [-0.2, 0) is 25.1 Å². The quantitative estimate of drug-likeness (QED) is 0.296. The molecule has 1 aromatic carbocycles. The van der Waals surface area contributed by atoms with Crippen LogP contribution in [0.15, 0.2) is 36.7 Å². The number of halogens is 3. The fourth-order valence-corrected chi connectivity index (χ4v) is 6.58. The van der Waals surface area contributed by atoms with Crippen molar-refractivity contribution in [1.29, 1.82) is 5.26 Å². The minimum absolute atomic E-state index is 0.126. The van der Waals surface area contributed by atoms with Gasteiger partial charge in [-0.15, -0.1) is 0 Å². The highest BCUT2D eigenvalue weighted by Gasteiger charge is 2.44. The Kier molecular flexibility index (Phi) is 12.9. The number of nitrogens with zero attached hydrogens (tertiary/aromatic N) is 4. The molecule has 0 radical (unpaired) electrons. The van der Waals surface area contributed by atoms with Crippen molar-refractivity contribution >= 4 is 29.2 Å². The van der Waals surface area contributed by atoms with Gasteiger partial charge in [0.15, 0.2) is 0 Å². The number of carbonyl (C=O) groups excluding carboxylic acids is 4. The predicted molar refractivity (Wildman–Crippen MR) is 177 cm³/mol. The van der Waals surface area contributed by atoms with Crippen LogP contribution in [0.4, 0.5) is 18.9 Å². The number of nitrogens with one attached hydrogen (secondary N) is 2. The van der Waals surface area contributed by atoms with E-state index in [0.717, 1.165) is 44.1 Å².